The maximum atomic E-state index is 12.7. The second-order valence-electron chi connectivity index (χ2n) is 7.46. The molecule has 0 spiro atoms. The largest absolute Gasteiger partial charge is 0.382 e. The maximum absolute atomic E-state index is 12.7. The Bertz CT molecular complexity index is 921. The van der Waals surface area contributed by atoms with Crippen LogP contribution in [0.15, 0.2) is 24.4 Å². The monoisotopic (exact) mass is 430 g/mol. The van der Waals surface area contributed by atoms with E-state index in [-0.39, 0.29) is 11.9 Å². The summed E-state index contributed by atoms with van der Waals surface area (Å²) in [5.74, 6) is 0.333. The molecule has 0 aliphatic carbocycles. The number of halogens is 1. The van der Waals surface area contributed by atoms with Crippen molar-refractivity contribution in [2.75, 3.05) is 18.5 Å². The highest BCUT2D eigenvalue weighted by Crippen LogP contribution is 2.32. The fourth-order valence-electron chi connectivity index (χ4n) is 3.44. The summed E-state index contributed by atoms with van der Waals surface area (Å²) in [7, 11) is 0. The van der Waals surface area contributed by atoms with Crippen LogP contribution in [0.5, 0.6) is 0 Å². The minimum absolute atomic E-state index is 0.155. The van der Waals surface area contributed by atoms with Gasteiger partial charge in [0.05, 0.1) is 23.0 Å². The Morgan fingerprint density at radius 1 is 1.37 bits per heavy atom. The zero-order chi connectivity index (χ0) is 21.7. The zero-order valence-corrected chi connectivity index (χ0v) is 18.3. The summed E-state index contributed by atoms with van der Waals surface area (Å²) in [5, 5.41) is 3.71. The molecule has 1 aromatic heterocycles. The van der Waals surface area contributed by atoms with Crippen molar-refractivity contribution in [3.63, 3.8) is 0 Å². The standard InChI is InChI=1S/C22H27ClN4O3/c1-4-30-9-5-6-14(2)25-22-24-11-19(23)20(26-22)16-7-8-17-12-27(15(3)13-28)21(29)18(17)10-16/h7-8,10-11,13-15H,4-6,9,12H2,1-3H3,(H,24,25,26)/t14?,15-/m1/s1. The van der Waals surface area contributed by atoms with Crippen LogP contribution in [0.1, 0.15) is 49.5 Å². The topological polar surface area (TPSA) is 84.4 Å². The van der Waals surface area contributed by atoms with Crippen LogP contribution in [0.25, 0.3) is 11.3 Å². The Morgan fingerprint density at radius 2 is 2.17 bits per heavy atom. The maximum Gasteiger partial charge on any atom is 0.255 e. The lowest BCUT2D eigenvalue weighted by Crippen LogP contribution is -2.34. The number of nitrogens with one attached hydrogen (secondary N) is 1. The molecule has 1 aliphatic heterocycles. The van der Waals surface area contributed by atoms with Gasteiger partial charge in [0, 0.05) is 36.9 Å². The van der Waals surface area contributed by atoms with Gasteiger partial charge in [-0.2, -0.15) is 0 Å². The van der Waals surface area contributed by atoms with Gasteiger partial charge in [-0.1, -0.05) is 23.7 Å². The number of fused-ring (bicyclic) bond motifs is 1. The van der Waals surface area contributed by atoms with Crippen LogP contribution in [0.3, 0.4) is 0 Å². The highest BCUT2D eigenvalue weighted by atomic mass is 35.5. The minimum atomic E-state index is -0.462. The molecule has 160 valence electrons. The molecule has 7 nitrogen and oxygen atoms in total. The van der Waals surface area contributed by atoms with E-state index in [1.54, 1.807) is 24.1 Å². The average molecular weight is 431 g/mol. The molecule has 0 saturated carbocycles. The Labute approximate surface area is 181 Å². The Kier molecular flexibility index (Phi) is 7.39. The van der Waals surface area contributed by atoms with Gasteiger partial charge < -0.3 is 19.7 Å². The number of rotatable bonds is 10. The van der Waals surface area contributed by atoms with Gasteiger partial charge in [0.1, 0.15) is 6.29 Å². The molecule has 0 saturated heterocycles. The fraction of sp³-hybridized carbons (Fsp3) is 0.455. The fourth-order valence-corrected chi connectivity index (χ4v) is 3.64. The molecule has 2 heterocycles. The van der Waals surface area contributed by atoms with Gasteiger partial charge in [0.25, 0.3) is 5.91 Å². The van der Waals surface area contributed by atoms with Crippen LogP contribution in [-0.2, 0) is 16.1 Å². The van der Waals surface area contributed by atoms with Crippen molar-refractivity contribution < 1.29 is 14.3 Å². The van der Waals surface area contributed by atoms with Gasteiger partial charge in [0.15, 0.2) is 0 Å². The average Bonchev–Trinajstić information content (AvgIpc) is 3.08. The summed E-state index contributed by atoms with van der Waals surface area (Å²) < 4.78 is 5.37. The van der Waals surface area contributed by atoms with Crippen molar-refractivity contribution in [2.24, 2.45) is 0 Å². The van der Waals surface area contributed by atoms with Gasteiger partial charge in [0.2, 0.25) is 5.95 Å². The number of hydrogen-bond donors (Lipinski definition) is 1. The number of carbonyl (C=O) groups excluding carboxylic acids is 2. The number of benzene rings is 1. The molecular weight excluding hydrogens is 404 g/mol. The number of aldehydes is 1. The predicted molar refractivity (Wildman–Crippen MR) is 117 cm³/mol. The van der Waals surface area contributed by atoms with E-state index in [4.69, 9.17) is 16.3 Å². The minimum Gasteiger partial charge on any atom is -0.382 e. The van der Waals surface area contributed by atoms with Crippen LogP contribution in [-0.4, -0.2) is 52.4 Å². The highest BCUT2D eigenvalue weighted by Gasteiger charge is 2.31. The number of amides is 1. The number of nitrogens with zero attached hydrogens (tertiary/aromatic N) is 3. The number of hydrogen-bond acceptors (Lipinski definition) is 6. The van der Waals surface area contributed by atoms with E-state index < -0.39 is 6.04 Å². The lowest BCUT2D eigenvalue weighted by atomic mass is 10.0. The molecule has 2 atom stereocenters. The summed E-state index contributed by atoms with van der Waals surface area (Å²) in [5.41, 5.74) is 2.77. The first-order chi connectivity index (χ1) is 14.4. The van der Waals surface area contributed by atoms with E-state index in [1.807, 2.05) is 19.1 Å². The number of carbonyl (C=O) groups is 2. The molecule has 8 heteroatoms. The molecule has 0 radical (unpaired) electrons. The quantitative estimate of drug-likeness (QED) is 0.453. The van der Waals surface area contributed by atoms with Crippen molar-refractivity contribution in [2.45, 2.75) is 52.2 Å². The highest BCUT2D eigenvalue weighted by molar-refractivity contribution is 6.33. The van der Waals surface area contributed by atoms with E-state index in [2.05, 4.69) is 22.2 Å². The van der Waals surface area contributed by atoms with Crippen molar-refractivity contribution >= 4 is 29.7 Å². The van der Waals surface area contributed by atoms with Crippen LogP contribution < -0.4 is 5.32 Å². The molecule has 0 bridgehead atoms. The third-order valence-electron chi connectivity index (χ3n) is 5.15. The van der Waals surface area contributed by atoms with E-state index in [1.165, 1.54) is 0 Å². The number of aromatic nitrogens is 2. The van der Waals surface area contributed by atoms with Gasteiger partial charge in [-0.25, -0.2) is 9.97 Å². The van der Waals surface area contributed by atoms with Gasteiger partial charge in [-0.15, -0.1) is 0 Å². The first-order valence-electron chi connectivity index (χ1n) is 10.2. The Balaban J connectivity index is 1.77. The SMILES string of the molecule is CCOCCCC(C)Nc1ncc(Cl)c(-c2ccc3c(c2)C(=O)N([C@H](C)C=O)C3)n1. The van der Waals surface area contributed by atoms with Crippen LogP contribution in [0, 0.1) is 0 Å². The molecule has 3 rings (SSSR count). The summed E-state index contributed by atoms with van der Waals surface area (Å²) in [6.45, 7) is 7.65. The molecule has 2 aromatic rings. The van der Waals surface area contributed by atoms with Gasteiger partial charge >= 0.3 is 0 Å². The van der Waals surface area contributed by atoms with Crippen molar-refractivity contribution in [1.29, 1.82) is 0 Å². The molecule has 1 aromatic carbocycles. The van der Waals surface area contributed by atoms with Crippen molar-refractivity contribution in [3.8, 4) is 11.3 Å². The lowest BCUT2D eigenvalue weighted by Gasteiger charge is -2.18. The normalized spacial score (nSPS) is 15.1. The molecule has 1 amide bonds. The number of anilines is 1. The smallest absolute Gasteiger partial charge is 0.255 e. The molecule has 1 aliphatic rings. The van der Waals surface area contributed by atoms with Crippen LogP contribution >= 0.6 is 11.6 Å². The third kappa shape index (κ3) is 4.96. The second-order valence-corrected chi connectivity index (χ2v) is 7.86. The summed E-state index contributed by atoms with van der Waals surface area (Å²) in [4.78, 5) is 34.2. The van der Waals surface area contributed by atoms with E-state index in [0.29, 0.717) is 28.8 Å². The van der Waals surface area contributed by atoms with Crippen molar-refractivity contribution in [3.05, 3.63) is 40.5 Å². The Morgan fingerprint density at radius 3 is 2.90 bits per heavy atom. The molecule has 0 fully saturated rings. The van der Waals surface area contributed by atoms with E-state index in [0.717, 1.165) is 43.5 Å². The summed E-state index contributed by atoms with van der Waals surface area (Å²) in [6.07, 6.45) is 4.22. The summed E-state index contributed by atoms with van der Waals surface area (Å²) in [6, 6.07) is 5.29. The van der Waals surface area contributed by atoms with E-state index in [9.17, 15) is 9.59 Å². The number of ether oxygens (including phenoxy) is 1. The molecule has 1 unspecified atom stereocenters. The zero-order valence-electron chi connectivity index (χ0n) is 17.5. The van der Waals surface area contributed by atoms with Crippen LogP contribution in [0.4, 0.5) is 5.95 Å². The molecule has 1 N–H and O–H groups in total. The van der Waals surface area contributed by atoms with Crippen molar-refractivity contribution in [1.82, 2.24) is 14.9 Å². The van der Waals surface area contributed by atoms with Gasteiger partial charge in [-0.05, 0) is 45.2 Å². The first-order valence-corrected chi connectivity index (χ1v) is 10.6. The lowest BCUT2D eigenvalue weighted by molar-refractivity contribution is -0.111. The second kappa shape index (κ2) is 10.00. The third-order valence-corrected chi connectivity index (χ3v) is 5.43. The molecule has 30 heavy (non-hydrogen) atoms. The van der Waals surface area contributed by atoms with E-state index >= 15 is 0 Å². The summed E-state index contributed by atoms with van der Waals surface area (Å²) >= 11 is 6.36. The Hall–Kier alpha value is -2.51. The first kappa shape index (κ1) is 22.2. The molecular formula is C22H27ClN4O3. The predicted octanol–water partition coefficient (Wildman–Crippen LogP) is 3.96. The van der Waals surface area contributed by atoms with Gasteiger partial charge in [-0.3, -0.25) is 4.79 Å². The van der Waals surface area contributed by atoms with Crippen LogP contribution in [0.2, 0.25) is 5.02 Å².